The highest BCUT2D eigenvalue weighted by molar-refractivity contribution is 5.93. The lowest BCUT2D eigenvalue weighted by Crippen LogP contribution is -2.50. The normalized spacial score (nSPS) is 11.3. The number of carbonyl (C=O) groups is 3. The van der Waals surface area contributed by atoms with Crippen LogP contribution in [0.25, 0.3) is 0 Å². The first-order valence-electron chi connectivity index (χ1n) is 8.29. The lowest BCUT2D eigenvalue weighted by Gasteiger charge is -2.22. The van der Waals surface area contributed by atoms with Gasteiger partial charge in [0, 0.05) is 12.7 Å². The number of hydrazine groups is 1. The van der Waals surface area contributed by atoms with Gasteiger partial charge in [0.05, 0.1) is 12.5 Å². The molecule has 0 aliphatic heterocycles. The van der Waals surface area contributed by atoms with E-state index in [4.69, 9.17) is 0 Å². The molecule has 1 atom stereocenters. The summed E-state index contributed by atoms with van der Waals surface area (Å²) in [5, 5.41) is 9.78. The zero-order valence-electron chi connectivity index (χ0n) is 14.6. The summed E-state index contributed by atoms with van der Waals surface area (Å²) in [6, 6.07) is 8.48. The Labute approximate surface area is 147 Å². The number of hydrogen-bond donors (Lipinski definition) is 3. The van der Waals surface area contributed by atoms with Crippen LogP contribution in [0.4, 0.5) is 10.5 Å². The fourth-order valence-electron chi connectivity index (χ4n) is 2.28. The van der Waals surface area contributed by atoms with Crippen molar-refractivity contribution >= 4 is 24.0 Å². The van der Waals surface area contributed by atoms with Gasteiger partial charge in [-0.15, -0.1) is 0 Å². The zero-order chi connectivity index (χ0) is 18.7. The van der Waals surface area contributed by atoms with E-state index in [1.165, 1.54) is 4.90 Å². The number of nitrogens with zero attached hydrogens (tertiary/aromatic N) is 2. The van der Waals surface area contributed by atoms with Crippen LogP contribution in [0, 0.1) is 5.92 Å². The summed E-state index contributed by atoms with van der Waals surface area (Å²) in [7, 11) is 1.58. The van der Waals surface area contributed by atoms with Crippen molar-refractivity contribution in [1.82, 2.24) is 15.9 Å². The minimum atomic E-state index is -0.607. The van der Waals surface area contributed by atoms with Crippen LogP contribution in [-0.4, -0.2) is 42.2 Å². The Morgan fingerprint density at radius 1 is 1.20 bits per heavy atom. The molecule has 1 aromatic rings. The van der Waals surface area contributed by atoms with Gasteiger partial charge in [-0.25, -0.2) is 15.3 Å². The average Bonchev–Trinajstić information content (AvgIpc) is 2.64. The van der Waals surface area contributed by atoms with Gasteiger partial charge in [-0.1, -0.05) is 44.4 Å². The van der Waals surface area contributed by atoms with Crippen LogP contribution in [0.2, 0.25) is 0 Å². The molecule has 0 unspecified atom stereocenters. The van der Waals surface area contributed by atoms with Crippen molar-refractivity contribution in [3.05, 3.63) is 30.3 Å². The number of carbonyl (C=O) groups excluding carboxylic acids is 3. The fraction of sp³-hybridized carbons (Fsp3) is 0.471. The largest absolute Gasteiger partial charge is 0.340 e. The molecule has 0 aliphatic rings. The third kappa shape index (κ3) is 7.21. The first kappa shape index (κ1) is 20.4. The number of para-hydroxylation sites is 1. The van der Waals surface area contributed by atoms with Crippen LogP contribution in [0.1, 0.15) is 32.6 Å². The number of nitrogens with one attached hydrogen (secondary N) is 2. The zero-order valence-corrected chi connectivity index (χ0v) is 14.6. The van der Waals surface area contributed by atoms with Gasteiger partial charge in [0.1, 0.15) is 0 Å². The van der Waals surface area contributed by atoms with Crippen LogP contribution >= 0.6 is 0 Å². The van der Waals surface area contributed by atoms with Gasteiger partial charge >= 0.3 is 6.03 Å². The number of unbranched alkanes of at least 4 members (excludes halogenated alkanes) is 2. The molecule has 0 saturated heterocycles. The van der Waals surface area contributed by atoms with Gasteiger partial charge in [0.15, 0.2) is 0 Å². The minimum absolute atomic E-state index is 0.122. The summed E-state index contributed by atoms with van der Waals surface area (Å²) >= 11 is 0. The third-order valence-electron chi connectivity index (χ3n) is 3.80. The molecule has 3 N–H and O–H groups in total. The van der Waals surface area contributed by atoms with Crippen molar-refractivity contribution in [2.24, 2.45) is 5.92 Å². The van der Waals surface area contributed by atoms with E-state index in [2.05, 4.69) is 10.9 Å². The molecule has 1 aromatic carbocycles. The maximum Gasteiger partial charge on any atom is 0.340 e. The Kier molecular flexibility index (Phi) is 9.02. The number of urea groups is 1. The predicted molar refractivity (Wildman–Crippen MR) is 93.7 cm³/mol. The van der Waals surface area contributed by atoms with Gasteiger partial charge in [0.25, 0.3) is 0 Å². The molecular formula is C17H26N4O4. The second-order valence-corrected chi connectivity index (χ2v) is 5.73. The number of rotatable bonds is 9. The Bertz CT molecular complexity index is 553. The van der Waals surface area contributed by atoms with E-state index < -0.39 is 17.9 Å². The molecule has 0 aromatic heterocycles. The molecule has 25 heavy (non-hydrogen) atoms. The number of amides is 4. The summed E-state index contributed by atoms with van der Waals surface area (Å²) in [6.07, 6.45) is 3.48. The summed E-state index contributed by atoms with van der Waals surface area (Å²) in [5.41, 5.74) is 5.37. The number of hydrogen-bond acceptors (Lipinski definition) is 4. The average molecular weight is 350 g/mol. The topological polar surface area (TPSA) is 102 Å². The van der Waals surface area contributed by atoms with E-state index in [0.29, 0.717) is 17.2 Å². The highest BCUT2D eigenvalue weighted by Crippen LogP contribution is 2.12. The Morgan fingerprint density at radius 2 is 1.88 bits per heavy atom. The lowest BCUT2D eigenvalue weighted by molar-refractivity contribution is -0.154. The van der Waals surface area contributed by atoms with Crippen molar-refractivity contribution in [2.75, 3.05) is 18.5 Å². The maximum absolute atomic E-state index is 12.3. The van der Waals surface area contributed by atoms with E-state index >= 15 is 0 Å². The Morgan fingerprint density at radius 3 is 2.48 bits per heavy atom. The van der Waals surface area contributed by atoms with E-state index in [0.717, 1.165) is 19.3 Å². The molecule has 0 spiro atoms. The van der Waals surface area contributed by atoms with Gasteiger partial charge in [-0.05, 0) is 18.6 Å². The highest BCUT2D eigenvalue weighted by Gasteiger charge is 2.21. The van der Waals surface area contributed by atoms with E-state index in [-0.39, 0.29) is 13.0 Å². The molecule has 0 aliphatic carbocycles. The molecule has 138 valence electrons. The number of benzene rings is 1. The second-order valence-electron chi connectivity index (χ2n) is 5.73. The molecule has 0 bridgehead atoms. The highest BCUT2D eigenvalue weighted by atomic mass is 16.5. The van der Waals surface area contributed by atoms with E-state index in [1.807, 2.05) is 13.0 Å². The smallest absolute Gasteiger partial charge is 0.296 e. The first-order valence-corrected chi connectivity index (χ1v) is 8.29. The van der Waals surface area contributed by atoms with Crippen molar-refractivity contribution in [1.29, 1.82) is 0 Å². The predicted octanol–water partition coefficient (Wildman–Crippen LogP) is 1.91. The number of anilines is 1. The molecule has 8 nitrogen and oxygen atoms in total. The van der Waals surface area contributed by atoms with E-state index in [9.17, 15) is 19.6 Å². The van der Waals surface area contributed by atoms with E-state index in [1.54, 1.807) is 31.3 Å². The molecule has 0 fully saturated rings. The van der Waals surface area contributed by atoms with Crippen LogP contribution in [0.15, 0.2) is 30.3 Å². The Hall–Kier alpha value is -2.61. The molecular weight excluding hydrogens is 324 g/mol. The van der Waals surface area contributed by atoms with Crippen molar-refractivity contribution in [3.63, 3.8) is 0 Å². The first-order chi connectivity index (χ1) is 12.0. The van der Waals surface area contributed by atoms with Crippen molar-refractivity contribution in [3.8, 4) is 0 Å². The molecule has 0 heterocycles. The molecule has 0 saturated carbocycles. The van der Waals surface area contributed by atoms with Crippen LogP contribution in [0.5, 0.6) is 0 Å². The summed E-state index contributed by atoms with van der Waals surface area (Å²) in [5.74, 6) is -1.06. The summed E-state index contributed by atoms with van der Waals surface area (Å²) < 4.78 is 0. The van der Waals surface area contributed by atoms with Crippen molar-refractivity contribution in [2.45, 2.75) is 32.6 Å². The fourth-order valence-corrected chi connectivity index (χ4v) is 2.28. The molecule has 8 heteroatoms. The minimum Gasteiger partial charge on any atom is -0.296 e. The van der Waals surface area contributed by atoms with Gasteiger partial charge in [-0.3, -0.25) is 25.1 Å². The van der Waals surface area contributed by atoms with Crippen LogP contribution in [0.3, 0.4) is 0 Å². The van der Waals surface area contributed by atoms with Gasteiger partial charge < -0.3 is 0 Å². The quantitative estimate of drug-likeness (QED) is 0.274. The Balaban J connectivity index is 2.56. The molecule has 1 rings (SSSR count). The third-order valence-corrected chi connectivity index (χ3v) is 3.80. The van der Waals surface area contributed by atoms with Crippen LogP contribution < -0.4 is 15.8 Å². The second kappa shape index (κ2) is 11.0. The van der Waals surface area contributed by atoms with Gasteiger partial charge in [-0.2, -0.15) is 0 Å². The lowest BCUT2D eigenvalue weighted by atomic mass is 10.0. The molecule has 4 amide bonds. The maximum atomic E-state index is 12.3. The van der Waals surface area contributed by atoms with Crippen molar-refractivity contribution < 1.29 is 19.6 Å². The summed E-state index contributed by atoms with van der Waals surface area (Å²) in [4.78, 5) is 36.3. The number of hydroxylamine groups is 2. The standard InChI is InChI=1S/C17H26N4O4/c1-3-4-6-9-14(12-21(25)13-22)16(23)18-19-17(24)20(2)15-10-7-5-8-11-15/h5,7-8,10-11,13-14,25H,3-4,6,9,12H2,1-2H3,(H,18,23)(H,19,24)/t14-/m1/s1. The van der Waals surface area contributed by atoms with Crippen LogP contribution in [-0.2, 0) is 9.59 Å². The molecule has 0 radical (unpaired) electrons. The monoisotopic (exact) mass is 350 g/mol. The SMILES string of the molecule is CCCCC[C@H](CN(O)C=O)C(=O)NNC(=O)N(C)c1ccccc1. The van der Waals surface area contributed by atoms with Gasteiger partial charge in [0.2, 0.25) is 12.3 Å². The summed E-state index contributed by atoms with van der Waals surface area (Å²) in [6.45, 7) is 1.92.